The number of amides is 3. The maximum Gasteiger partial charge on any atom is 0.294 e. The third kappa shape index (κ3) is 6.33. The number of carbonyl (C=O) groups is 3. The number of likely N-dealkylation sites (tertiary alicyclic amines) is 1. The topological polar surface area (TPSA) is 76.2 Å². The minimum atomic E-state index is -0.464. The molecule has 0 aliphatic carbocycles. The Morgan fingerprint density at radius 2 is 1.83 bits per heavy atom. The molecule has 0 saturated carbocycles. The van der Waals surface area contributed by atoms with Crippen LogP contribution in [0.2, 0.25) is 0 Å². The van der Waals surface area contributed by atoms with Crippen molar-refractivity contribution in [1.29, 1.82) is 0 Å². The molecular weight excluding hydrogens is 612 g/mol. The first-order chi connectivity index (χ1) is 17.2. The minimum absolute atomic E-state index is 0.192. The molecule has 190 valence electrons. The molecular formula is C26H26Br2N2O5S. The predicted octanol–water partition coefficient (Wildman–Crippen LogP) is 6.09. The van der Waals surface area contributed by atoms with Crippen molar-refractivity contribution in [2.24, 2.45) is 5.92 Å². The number of methoxy groups -OCH3 is 1. The van der Waals surface area contributed by atoms with Gasteiger partial charge in [-0.3, -0.25) is 19.3 Å². The van der Waals surface area contributed by atoms with E-state index in [1.165, 1.54) is 0 Å². The number of benzene rings is 2. The molecule has 2 aromatic rings. The van der Waals surface area contributed by atoms with E-state index in [2.05, 4.69) is 38.8 Å². The van der Waals surface area contributed by atoms with Crippen LogP contribution in [0.25, 0.3) is 6.08 Å². The number of nitrogens with zero attached hydrogens (tertiary/aromatic N) is 2. The molecule has 2 heterocycles. The summed E-state index contributed by atoms with van der Waals surface area (Å²) in [6.45, 7) is 3.61. The largest absolute Gasteiger partial charge is 0.493 e. The van der Waals surface area contributed by atoms with Gasteiger partial charge in [-0.25, -0.2) is 0 Å². The fourth-order valence-electron chi connectivity index (χ4n) is 3.98. The van der Waals surface area contributed by atoms with Crippen molar-refractivity contribution in [3.8, 4) is 11.5 Å². The normalized spacial score (nSPS) is 17.7. The van der Waals surface area contributed by atoms with E-state index < -0.39 is 11.1 Å². The van der Waals surface area contributed by atoms with Gasteiger partial charge in [0.2, 0.25) is 5.91 Å². The Morgan fingerprint density at radius 3 is 2.50 bits per heavy atom. The van der Waals surface area contributed by atoms with E-state index in [0.29, 0.717) is 47.1 Å². The van der Waals surface area contributed by atoms with Crippen LogP contribution in [0.5, 0.6) is 11.5 Å². The second kappa shape index (κ2) is 11.8. The van der Waals surface area contributed by atoms with Gasteiger partial charge in [0.1, 0.15) is 13.2 Å². The van der Waals surface area contributed by atoms with Gasteiger partial charge in [0.05, 0.1) is 16.5 Å². The van der Waals surface area contributed by atoms with E-state index in [-0.39, 0.29) is 17.4 Å². The van der Waals surface area contributed by atoms with Crippen LogP contribution in [0, 0.1) is 5.92 Å². The second-order valence-corrected chi connectivity index (χ2v) is 11.5. The average molecular weight is 638 g/mol. The Hall–Kier alpha value is -2.30. The van der Waals surface area contributed by atoms with Crippen molar-refractivity contribution in [3.05, 3.63) is 61.4 Å². The summed E-state index contributed by atoms with van der Waals surface area (Å²) >= 11 is 7.79. The summed E-state index contributed by atoms with van der Waals surface area (Å²) in [6, 6.07) is 11.4. The molecule has 0 bridgehead atoms. The highest BCUT2D eigenvalue weighted by atomic mass is 79.9. The standard InChI is InChI=1S/C26H26Br2N2O5S/c1-16-7-9-29(10-8-16)23(31)14-30-25(32)22(36-26(30)33)13-18-11-20(28)24(21(12-18)34-2)35-15-17-3-5-19(27)6-4-17/h3-6,11-13,16H,7-10,14-15H2,1-2H3/b22-13+. The number of halogens is 2. The van der Waals surface area contributed by atoms with Gasteiger partial charge in [-0.2, -0.15) is 0 Å². The maximum absolute atomic E-state index is 13.0. The van der Waals surface area contributed by atoms with Gasteiger partial charge in [-0.15, -0.1) is 0 Å². The van der Waals surface area contributed by atoms with Crippen molar-refractivity contribution in [2.45, 2.75) is 26.4 Å². The Bertz CT molecular complexity index is 1190. The minimum Gasteiger partial charge on any atom is -0.493 e. The quantitative estimate of drug-likeness (QED) is 0.342. The van der Waals surface area contributed by atoms with Crippen LogP contribution in [0.4, 0.5) is 4.79 Å². The summed E-state index contributed by atoms with van der Waals surface area (Å²) in [5, 5.41) is -0.439. The lowest BCUT2D eigenvalue weighted by molar-refractivity contribution is -0.136. The lowest BCUT2D eigenvalue weighted by atomic mass is 9.99. The third-order valence-electron chi connectivity index (χ3n) is 6.15. The number of ether oxygens (including phenoxy) is 2. The molecule has 7 nitrogen and oxygen atoms in total. The number of imide groups is 1. The molecule has 10 heteroatoms. The van der Waals surface area contributed by atoms with E-state index in [9.17, 15) is 14.4 Å². The zero-order valence-electron chi connectivity index (χ0n) is 20.0. The smallest absolute Gasteiger partial charge is 0.294 e. The highest BCUT2D eigenvalue weighted by molar-refractivity contribution is 9.10. The van der Waals surface area contributed by atoms with Crippen molar-refractivity contribution in [3.63, 3.8) is 0 Å². The Kier molecular flexibility index (Phi) is 8.79. The molecule has 0 spiro atoms. The van der Waals surface area contributed by atoms with Gasteiger partial charge in [0.15, 0.2) is 11.5 Å². The fourth-order valence-corrected chi connectivity index (χ4v) is 5.66. The van der Waals surface area contributed by atoms with E-state index >= 15 is 0 Å². The Morgan fingerprint density at radius 1 is 1.14 bits per heavy atom. The van der Waals surface area contributed by atoms with Gasteiger partial charge in [0, 0.05) is 17.6 Å². The molecule has 4 rings (SSSR count). The van der Waals surface area contributed by atoms with Crippen LogP contribution in [0.15, 0.2) is 50.2 Å². The van der Waals surface area contributed by atoms with E-state index in [0.717, 1.165) is 39.5 Å². The highest BCUT2D eigenvalue weighted by Crippen LogP contribution is 2.39. The molecule has 2 aliphatic rings. The van der Waals surface area contributed by atoms with Crippen molar-refractivity contribution in [2.75, 3.05) is 26.7 Å². The molecule has 0 unspecified atom stereocenters. The predicted molar refractivity (Wildman–Crippen MR) is 147 cm³/mol. The van der Waals surface area contributed by atoms with Crippen molar-refractivity contribution in [1.82, 2.24) is 9.80 Å². The SMILES string of the molecule is COc1cc(/C=C2/SC(=O)N(CC(=O)N3CCC(C)CC3)C2=O)cc(Br)c1OCc1ccc(Br)cc1. The van der Waals surface area contributed by atoms with Crippen LogP contribution >= 0.6 is 43.6 Å². The summed E-state index contributed by atoms with van der Waals surface area (Å²) in [5.74, 6) is 0.952. The molecule has 2 aliphatic heterocycles. The first-order valence-corrected chi connectivity index (χ1v) is 13.9. The van der Waals surface area contributed by atoms with Crippen molar-refractivity contribution >= 4 is 66.8 Å². The number of piperidine rings is 1. The molecule has 0 aromatic heterocycles. The van der Waals surface area contributed by atoms with Gasteiger partial charge < -0.3 is 14.4 Å². The van der Waals surface area contributed by atoms with Crippen LogP contribution in [-0.4, -0.2) is 53.6 Å². The highest BCUT2D eigenvalue weighted by Gasteiger charge is 2.37. The molecule has 2 fully saturated rings. The number of hydrogen-bond acceptors (Lipinski definition) is 6. The van der Waals surface area contributed by atoms with Crippen LogP contribution in [0.3, 0.4) is 0 Å². The first-order valence-electron chi connectivity index (χ1n) is 11.5. The molecule has 2 aromatic carbocycles. The number of thioether (sulfide) groups is 1. The summed E-state index contributed by atoms with van der Waals surface area (Å²) < 4.78 is 13.2. The van der Waals surface area contributed by atoms with E-state index in [1.54, 1.807) is 30.2 Å². The zero-order valence-corrected chi connectivity index (χ0v) is 23.9. The van der Waals surface area contributed by atoms with E-state index in [4.69, 9.17) is 9.47 Å². The molecule has 0 atom stereocenters. The Balaban J connectivity index is 1.46. The second-order valence-electron chi connectivity index (χ2n) is 8.78. The summed E-state index contributed by atoms with van der Waals surface area (Å²) in [7, 11) is 1.54. The van der Waals surface area contributed by atoms with Gasteiger partial charge >= 0.3 is 0 Å². The lowest BCUT2D eigenvalue weighted by Gasteiger charge is -2.31. The fraction of sp³-hybridized carbons (Fsp3) is 0.346. The third-order valence-corrected chi connectivity index (χ3v) is 8.17. The molecule has 36 heavy (non-hydrogen) atoms. The number of rotatable bonds is 7. The summed E-state index contributed by atoms with van der Waals surface area (Å²) in [6.07, 6.45) is 3.50. The Labute approximate surface area is 231 Å². The van der Waals surface area contributed by atoms with Crippen LogP contribution < -0.4 is 9.47 Å². The van der Waals surface area contributed by atoms with E-state index in [1.807, 2.05) is 24.3 Å². The number of hydrogen-bond donors (Lipinski definition) is 0. The van der Waals surface area contributed by atoms with Gasteiger partial charge in [-0.05, 0) is 87.9 Å². The maximum atomic E-state index is 13.0. The molecule has 0 N–H and O–H groups in total. The first kappa shape index (κ1) is 26.8. The monoisotopic (exact) mass is 636 g/mol. The van der Waals surface area contributed by atoms with Gasteiger partial charge in [0.25, 0.3) is 11.1 Å². The summed E-state index contributed by atoms with van der Waals surface area (Å²) in [5.41, 5.74) is 1.66. The van der Waals surface area contributed by atoms with Crippen LogP contribution in [-0.2, 0) is 16.2 Å². The van der Waals surface area contributed by atoms with Crippen molar-refractivity contribution < 1.29 is 23.9 Å². The molecule has 2 saturated heterocycles. The average Bonchev–Trinajstić information content (AvgIpc) is 3.11. The number of carbonyl (C=O) groups excluding carboxylic acids is 3. The molecule has 0 radical (unpaired) electrons. The van der Waals surface area contributed by atoms with Crippen LogP contribution in [0.1, 0.15) is 30.9 Å². The lowest BCUT2D eigenvalue weighted by Crippen LogP contribution is -2.45. The summed E-state index contributed by atoms with van der Waals surface area (Å²) in [4.78, 5) is 41.2. The molecule has 3 amide bonds. The zero-order chi connectivity index (χ0) is 25.8. The van der Waals surface area contributed by atoms with Gasteiger partial charge in [-0.1, -0.05) is 35.0 Å².